The number of nitrogens with zero attached hydrogens (tertiary/aromatic N) is 3. The molecule has 20 heavy (non-hydrogen) atoms. The largest absolute Gasteiger partial charge is 0.481 e. The molecule has 2 rings (SSSR count). The predicted molar refractivity (Wildman–Crippen MR) is 78.7 cm³/mol. The normalized spacial score (nSPS) is 10.3. The minimum atomic E-state index is 0.520. The highest BCUT2D eigenvalue weighted by molar-refractivity contribution is 5.55. The standard InChI is InChI=1S/C14H19N5O/c1-4-11-18-13(15)9(2)14(19-11)17-8-10-5-6-16-12(7-10)20-3/h5-7H,4,8H2,1-3H3,(H3,15,17,18,19). The molecular weight excluding hydrogens is 254 g/mol. The van der Waals surface area contributed by atoms with Crippen molar-refractivity contribution in [1.82, 2.24) is 15.0 Å². The van der Waals surface area contributed by atoms with Crippen molar-refractivity contribution in [2.75, 3.05) is 18.2 Å². The zero-order valence-electron chi connectivity index (χ0n) is 12.0. The lowest BCUT2D eigenvalue weighted by Gasteiger charge is -2.11. The van der Waals surface area contributed by atoms with Crippen molar-refractivity contribution >= 4 is 11.6 Å². The number of hydrogen-bond acceptors (Lipinski definition) is 6. The van der Waals surface area contributed by atoms with Gasteiger partial charge in [-0.2, -0.15) is 0 Å². The van der Waals surface area contributed by atoms with Crippen LogP contribution in [-0.2, 0) is 13.0 Å². The van der Waals surface area contributed by atoms with Crippen molar-refractivity contribution in [3.63, 3.8) is 0 Å². The first-order valence-electron chi connectivity index (χ1n) is 6.49. The number of hydrogen-bond donors (Lipinski definition) is 2. The number of ether oxygens (including phenoxy) is 1. The molecule has 3 N–H and O–H groups in total. The van der Waals surface area contributed by atoms with E-state index in [9.17, 15) is 0 Å². The number of aromatic nitrogens is 3. The molecule has 6 heteroatoms. The average Bonchev–Trinajstić information content (AvgIpc) is 2.48. The van der Waals surface area contributed by atoms with Crippen molar-refractivity contribution in [3.05, 3.63) is 35.3 Å². The van der Waals surface area contributed by atoms with Gasteiger partial charge in [-0.05, 0) is 18.6 Å². The second-order valence-corrected chi connectivity index (χ2v) is 4.41. The molecule has 6 nitrogen and oxygen atoms in total. The van der Waals surface area contributed by atoms with Crippen LogP contribution in [0.25, 0.3) is 0 Å². The topological polar surface area (TPSA) is 86.0 Å². The Hall–Kier alpha value is -2.37. The van der Waals surface area contributed by atoms with Gasteiger partial charge in [0.05, 0.1) is 7.11 Å². The van der Waals surface area contributed by atoms with Gasteiger partial charge < -0.3 is 15.8 Å². The van der Waals surface area contributed by atoms with Gasteiger partial charge in [-0.3, -0.25) is 0 Å². The number of nitrogens with two attached hydrogens (primary N) is 1. The van der Waals surface area contributed by atoms with Gasteiger partial charge in [0, 0.05) is 30.8 Å². The van der Waals surface area contributed by atoms with Crippen molar-refractivity contribution in [2.24, 2.45) is 0 Å². The van der Waals surface area contributed by atoms with E-state index in [1.165, 1.54) is 0 Å². The number of methoxy groups -OCH3 is 1. The SMILES string of the molecule is CCc1nc(N)c(C)c(NCc2ccnc(OC)c2)n1. The van der Waals surface area contributed by atoms with Crippen LogP contribution in [0, 0.1) is 6.92 Å². The maximum absolute atomic E-state index is 5.89. The van der Waals surface area contributed by atoms with Gasteiger partial charge in [0.1, 0.15) is 17.5 Å². The Kier molecular flexibility index (Phi) is 4.34. The summed E-state index contributed by atoms with van der Waals surface area (Å²) in [5.74, 6) is 2.62. The molecule has 0 unspecified atom stereocenters. The highest BCUT2D eigenvalue weighted by Crippen LogP contribution is 2.18. The fourth-order valence-corrected chi connectivity index (χ4v) is 1.77. The Labute approximate surface area is 118 Å². The molecule has 106 valence electrons. The van der Waals surface area contributed by atoms with E-state index >= 15 is 0 Å². The van der Waals surface area contributed by atoms with Gasteiger partial charge in [0.2, 0.25) is 5.88 Å². The molecule has 2 aromatic heterocycles. The Balaban J connectivity index is 2.15. The highest BCUT2D eigenvalue weighted by atomic mass is 16.5. The monoisotopic (exact) mass is 273 g/mol. The van der Waals surface area contributed by atoms with Gasteiger partial charge >= 0.3 is 0 Å². The third kappa shape index (κ3) is 3.14. The van der Waals surface area contributed by atoms with Crippen LogP contribution < -0.4 is 15.8 Å². The molecule has 0 saturated heterocycles. The molecule has 2 aromatic rings. The zero-order chi connectivity index (χ0) is 14.5. The fourth-order valence-electron chi connectivity index (χ4n) is 1.77. The number of nitrogen functional groups attached to an aromatic ring is 1. The second kappa shape index (κ2) is 6.18. The molecule has 0 radical (unpaired) electrons. The second-order valence-electron chi connectivity index (χ2n) is 4.41. The summed E-state index contributed by atoms with van der Waals surface area (Å²) in [5.41, 5.74) is 7.82. The van der Waals surface area contributed by atoms with E-state index in [0.717, 1.165) is 29.2 Å². The maximum Gasteiger partial charge on any atom is 0.213 e. The van der Waals surface area contributed by atoms with E-state index in [2.05, 4.69) is 20.3 Å². The molecular formula is C14H19N5O. The summed E-state index contributed by atoms with van der Waals surface area (Å²) in [5, 5.41) is 3.28. The zero-order valence-corrected chi connectivity index (χ0v) is 12.0. The van der Waals surface area contributed by atoms with Crippen LogP contribution in [0.1, 0.15) is 23.9 Å². The smallest absolute Gasteiger partial charge is 0.213 e. The molecule has 0 saturated carbocycles. The quantitative estimate of drug-likeness (QED) is 0.866. The number of rotatable bonds is 5. The van der Waals surface area contributed by atoms with Crippen LogP contribution in [0.4, 0.5) is 11.6 Å². The lowest BCUT2D eigenvalue weighted by molar-refractivity contribution is 0.397. The minimum Gasteiger partial charge on any atom is -0.481 e. The number of aryl methyl sites for hydroxylation is 1. The number of anilines is 2. The molecule has 0 aliphatic heterocycles. The Bertz CT molecular complexity index is 600. The van der Waals surface area contributed by atoms with Crippen molar-refractivity contribution in [2.45, 2.75) is 26.8 Å². The lowest BCUT2D eigenvalue weighted by Crippen LogP contribution is -2.09. The van der Waals surface area contributed by atoms with Crippen LogP contribution in [0.15, 0.2) is 18.3 Å². The van der Waals surface area contributed by atoms with E-state index in [4.69, 9.17) is 10.5 Å². The molecule has 0 atom stereocenters. The van der Waals surface area contributed by atoms with Crippen molar-refractivity contribution in [3.8, 4) is 5.88 Å². The molecule has 0 aliphatic rings. The van der Waals surface area contributed by atoms with Crippen LogP contribution in [0.5, 0.6) is 5.88 Å². The van der Waals surface area contributed by atoms with Crippen LogP contribution >= 0.6 is 0 Å². The van der Waals surface area contributed by atoms with E-state index in [-0.39, 0.29) is 0 Å². The summed E-state index contributed by atoms with van der Waals surface area (Å²) in [6, 6.07) is 3.81. The maximum atomic E-state index is 5.89. The molecule has 0 amide bonds. The summed E-state index contributed by atoms with van der Waals surface area (Å²) in [6.07, 6.45) is 2.47. The first-order valence-corrected chi connectivity index (χ1v) is 6.49. The number of pyridine rings is 1. The number of nitrogens with one attached hydrogen (secondary N) is 1. The van der Waals surface area contributed by atoms with Crippen molar-refractivity contribution < 1.29 is 4.74 Å². The lowest BCUT2D eigenvalue weighted by atomic mass is 10.2. The Morgan fingerprint density at radius 3 is 2.85 bits per heavy atom. The van der Waals surface area contributed by atoms with Gasteiger partial charge in [0.15, 0.2) is 0 Å². The third-order valence-electron chi connectivity index (χ3n) is 3.01. The van der Waals surface area contributed by atoms with E-state index in [1.54, 1.807) is 13.3 Å². The van der Waals surface area contributed by atoms with Gasteiger partial charge in [-0.15, -0.1) is 0 Å². The highest BCUT2D eigenvalue weighted by Gasteiger charge is 2.07. The summed E-state index contributed by atoms with van der Waals surface area (Å²) in [6.45, 7) is 4.53. The summed E-state index contributed by atoms with van der Waals surface area (Å²) in [4.78, 5) is 12.8. The fraction of sp³-hybridized carbons (Fsp3) is 0.357. The summed E-state index contributed by atoms with van der Waals surface area (Å²) in [7, 11) is 1.60. The van der Waals surface area contributed by atoms with Gasteiger partial charge in [-0.25, -0.2) is 15.0 Å². The van der Waals surface area contributed by atoms with Crippen LogP contribution in [-0.4, -0.2) is 22.1 Å². The van der Waals surface area contributed by atoms with Gasteiger partial charge in [0.25, 0.3) is 0 Å². The van der Waals surface area contributed by atoms with Gasteiger partial charge in [-0.1, -0.05) is 6.92 Å². The molecule has 2 heterocycles. The third-order valence-corrected chi connectivity index (χ3v) is 3.01. The Morgan fingerprint density at radius 2 is 2.15 bits per heavy atom. The molecule has 0 fully saturated rings. The van der Waals surface area contributed by atoms with Crippen LogP contribution in [0.2, 0.25) is 0 Å². The molecule has 0 aromatic carbocycles. The minimum absolute atomic E-state index is 0.520. The summed E-state index contributed by atoms with van der Waals surface area (Å²) >= 11 is 0. The average molecular weight is 273 g/mol. The van der Waals surface area contributed by atoms with E-state index in [1.807, 2.05) is 26.0 Å². The first kappa shape index (κ1) is 14.0. The van der Waals surface area contributed by atoms with Crippen molar-refractivity contribution in [1.29, 1.82) is 0 Å². The van der Waals surface area contributed by atoms with Crippen LogP contribution in [0.3, 0.4) is 0 Å². The Morgan fingerprint density at radius 1 is 1.35 bits per heavy atom. The molecule has 0 bridgehead atoms. The predicted octanol–water partition coefficient (Wildman–Crippen LogP) is 1.95. The molecule has 0 aliphatic carbocycles. The van der Waals surface area contributed by atoms with E-state index in [0.29, 0.717) is 18.2 Å². The molecule has 0 spiro atoms. The summed E-state index contributed by atoms with van der Waals surface area (Å²) < 4.78 is 5.10. The first-order chi connectivity index (χ1) is 9.63. The van der Waals surface area contributed by atoms with E-state index < -0.39 is 0 Å².